The largest absolute Gasteiger partial charge is 0.443 e. The van der Waals surface area contributed by atoms with Crippen molar-refractivity contribution < 1.29 is 9.53 Å². The zero-order valence-corrected chi connectivity index (χ0v) is 11.6. The molecule has 0 aliphatic carbocycles. The van der Waals surface area contributed by atoms with Crippen LogP contribution in [0.15, 0.2) is 23.3 Å². The van der Waals surface area contributed by atoms with E-state index in [4.69, 9.17) is 16.3 Å². The third-order valence-corrected chi connectivity index (χ3v) is 2.73. The number of imidazole rings is 1. The second-order valence-corrected chi connectivity index (χ2v) is 5.56. The Kier molecular flexibility index (Phi) is 3.36. The van der Waals surface area contributed by atoms with Crippen molar-refractivity contribution >= 4 is 23.2 Å². The molecule has 2 heterocycles. The second kappa shape index (κ2) is 4.70. The molecule has 0 unspecified atom stereocenters. The molecule has 0 aliphatic heterocycles. The zero-order valence-electron chi connectivity index (χ0n) is 10.9. The highest BCUT2D eigenvalue weighted by Gasteiger charge is 2.23. The van der Waals surface area contributed by atoms with Crippen molar-refractivity contribution in [1.82, 2.24) is 14.0 Å². The van der Waals surface area contributed by atoms with Crippen molar-refractivity contribution in [3.8, 4) is 0 Å². The standard InChI is InChI=1S/C12H14ClN3O3/c1-12(2,3)10(17)19-7-15-4-5-16-9(15)6-8(13)14-11(16)18/h4-6H,7H2,1-3H3. The van der Waals surface area contributed by atoms with Gasteiger partial charge in [-0.05, 0) is 20.8 Å². The minimum atomic E-state index is -0.570. The van der Waals surface area contributed by atoms with Crippen LogP contribution in [-0.2, 0) is 16.3 Å². The highest BCUT2D eigenvalue weighted by Crippen LogP contribution is 2.16. The molecule has 0 atom stereocenters. The minimum absolute atomic E-state index is 0.0202. The minimum Gasteiger partial charge on any atom is -0.443 e. The maximum Gasteiger partial charge on any atom is 0.354 e. The molecule has 2 rings (SSSR count). The fourth-order valence-electron chi connectivity index (χ4n) is 1.49. The Labute approximate surface area is 114 Å². The van der Waals surface area contributed by atoms with Crippen LogP contribution in [0.2, 0.25) is 5.15 Å². The van der Waals surface area contributed by atoms with Crippen LogP contribution < -0.4 is 5.69 Å². The summed E-state index contributed by atoms with van der Waals surface area (Å²) in [6.45, 7) is 5.34. The van der Waals surface area contributed by atoms with Gasteiger partial charge >= 0.3 is 11.7 Å². The summed E-state index contributed by atoms with van der Waals surface area (Å²) in [6, 6.07) is 1.54. The molecule has 102 valence electrons. The molecule has 0 aromatic carbocycles. The van der Waals surface area contributed by atoms with E-state index in [9.17, 15) is 9.59 Å². The van der Waals surface area contributed by atoms with E-state index in [0.29, 0.717) is 5.65 Å². The van der Waals surface area contributed by atoms with Crippen LogP contribution in [0.25, 0.3) is 5.65 Å². The molecule has 0 spiro atoms. The molecule has 2 aromatic rings. The molecule has 19 heavy (non-hydrogen) atoms. The van der Waals surface area contributed by atoms with Crippen LogP contribution in [0, 0.1) is 5.41 Å². The molecule has 0 saturated heterocycles. The average Bonchev–Trinajstić information content (AvgIpc) is 2.67. The second-order valence-electron chi connectivity index (χ2n) is 5.17. The Morgan fingerprint density at radius 1 is 1.42 bits per heavy atom. The molecule has 0 fully saturated rings. The first-order valence-electron chi connectivity index (χ1n) is 5.70. The lowest BCUT2D eigenvalue weighted by atomic mass is 9.98. The molecule has 0 N–H and O–H groups in total. The van der Waals surface area contributed by atoms with Gasteiger partial charge in [-0.1, -0.05) is 11.6 Å². The lowest BCUT2D eigenvalue weighted by molar-refractivity contribution is -0.156. The summed E-state index contributed by atoms with van der Waals surface area (Å²) in [7, 11) is 0. The van der Waals surface area contributed by atoms with Gasteiger partial charge in [-0.25, -0.2) is 4.79 Å². The maximum absolute atomic E-state index is 11.7. The van der Waals surface area contributed by atoms with Gasteiger partial charge in [0.25, 0.3) is 0 Å². The van der Waals surface area contributed by atoms with Crippen LogP contribution in [0.1, 0.15) is 20.8 Å². The van der Waals surface area contributed by atoms with Crippen molar-refractivity contribution in [2.75, 3.05) is 0 Å². The van der Waals surface area contributed by atoms with E-state index < -0.39 is 11.1 Å². The molecule has 0 saturated carbocycles. The van der Waals surface area contributed by atoms with Crippen molar-refractivity contribution in [1.29, 1.82) is 0 Å². The smallest absolute Gasteiger partial charge is 0.354 e. The first-order chi connectivity index (χ1) is 8.79. The van der Waals surface area contributed by atoms with Gasteiger partial charge in [-0.3, -0.25) is 13.8 Å². The van der Waals surface area contributed by atoms with E-state index in [-0.39, 0.29) is 17.9 Å². The number of halogens is 1. The third kappa shape index (κ3) is 2.78. The van der Waals surface area contributed by atoms with Gasteiger partial charge < -0.3 is 4.74 Å². The van der Waals surface area contributed by atoms with Gasteiger partial charge in [-0.15, -0.1) is 0 Å². The van der Waals surface area contributed by atoms with Crippen LogP contribution in [0.4, 0.5) is 0 Å². The molecule has 0 bridgehead atoms. The van der Waals surface area contributed by atoms with E-state index in [1.807, 2.05) is 0 Å². The summed E-state index contributed by atoms with van der Waals surface area (Å²) < 4.78 is 8.12. The topological polar surface area (TPSA) is 65.6 Å². The third-order valence-electron chi connectivity index (χ3n) is 2.54. The molecule has 2 aromatic heterocycles. The number of aromatic nitrogens is 3. The van der Waals surface area contributed by atoms with Crippen LogP contribution in [0.3, 0.4) is 0 Å². The summed E-state index contributed by atoms with van der Waals surface area (Å²) in [5.74, 6) is -0.318. The van der Waals surface area contributed by atoms with Crippen LogP contribution in [0.5, 0.6) is 0 Å². The number of hydrogen-bond donors (Lipinski definition) is 0. The number of ether oxygens (including phenoxy) is 1. The monoisotopic (exact) mass is 283 g/mol. The number of carbonyl (C=O) groups is 1. The molecule has 6 nitrogen and oxygen atoms in total. The maximum atomic E-state index is 11.7. The SMILES string of the molecule is CC(C)(C)C(=O)OCn1ccn2c(=O)nc(Cl)cc12. The molecule has 0 radical (unpaired) electrons. The summed E-state index contributed by atoms with van der Waals surface area (Å²) in [6.07, 6.45) is 3.18. The van der Waals surface area contributed by atoms with Crippen molar-refractivity contribution in [2.24, 2.45) is 5.41 Å². The Morgan fingerprint density at radius 3 is 2.74 bits per heavy atom. The predicted molar refractivity (Wildman–Crippen MR) is 70.0 cm³/mol. The molecule has 7 heteroatoms. The van der Waals surface area contributed by atoms with Crippen LogP contribution in [-0.4, -0.2) is 19.9 Å². The number of hydrogen-bond acceptors (Lipinski definition) is 4. The number of esters is 1. The molecular weight excluding hydrogens is 270 g/mol. The number of rotatable bonds is 2. The summed E-state index contributed by atoms with van der Waals surface area (Å²) in [5, 5.41) is 0.104. The van der Waals surface area contributed by atoms with Gasteiger partial charge in [0.1, 0.15) is 10.8 Å². The van der Waals surface area contributed by atoms with Gasteiger partial charge in [0, 0.05) is 18.5 Å². The number of fused-ring (bicyclic) bond motifs is 1. The Balaban J connectivity index is 2.28. The van der Waals surface area contributed by atoms with Gasteiger partial charge in [-0.2, -0.15) is 4.98 Å². The highest BCUT2D eigenvalue weighted by atomic mass is 35.5. The van der Waals surface area contributed by atoms with Crippen LogP contribution >= 0.6 is 11.6 Å². The summed E-state index contributed by atoms with van der Waals surface area (Å²) in [4.78, 5) is 26.8. The van der Waals surface area contributed by atoms with E-state index in [1.165, 1.54) is 10.5 Å². The fraction of sp³-hybridized carbons (Fsp3) is 0.417. The average molecular weight is 284 g/mol. The first-order valence-corrected chi connectivity index (χ1v) is 6.08. The number of carbonyl (C=O) groups excluding carboxylic acids is 1. The summed E-state index contributed by atoms with van der Waals surface area (Å²) in [5.41, 5.74) is -0.519. The lowest BCUT2D eigenvalue weighted by Crippen LogP contribution is -2.24. The van der Waals surface area contributed by atoms with Crippen molar-refractivity contribution in [2.45, 2.75) is 27.5 Å². The van der Waals surface area contributed by atoms with E-state index in [2.05, 4.69) is 4.98 Å². The summed E-state index contributed by atoms with van der Waals surface area (Å²) >= 11 is 5.74. The number of nitrogens with zero attached hydrogens (tertiary/aromatic N) is 3. The van der Waals surface area contributed by atoms with Crippen molar-refractivity contribution in [3.05, 3.63) is 34.1 Å². The normalized spacial score (nSPS) is 11.8. The van der Waals surface area contributed by atoms with Gasteiger partial charge in [0.05, 0.1) is 5.41 Å². The predicted octanol–water partition coefficient (Wildman–Crippen LogP) is 1.70. The van der Waals surface area contributed by atoms with Gasteiger partial charge in [0.15, 0.2) is 6.73 Å². The Morgan fingerprint density at radius 2 is 2.11 bits per heavy atom. The van der Waals surface area contributed by atoms with E-state index in [0.717, 1.165) is 0 Å². The quantitative estimate of drug-likeness (QED) is 0.621. The van der Waals surface area contributed by atoms with Crippen molar-refractivity contribution in [3.63, 3.8) is 0 Å². The Hall–Kier alpha value is -1.82. The Bertz CT molecular complexity index is 682. The van der Waals surface area contributed by atoms with E-state index in [1.54, 1.807) is 37.7 Å². The molecular formula is C12H14ClN3O3. The van der Waals surface area contributed by atoms with E-state index >= 15 is 0 Å². The van der Waals surface area contributed by atoms with Gasteiger partial charge in [0.2, 0.25) is 0 Å². The lowest BCUT2D eigenvalue weighted by Gasteiger charge is -2.16. The fourth-order valence-corrected chi connectivity index (χ4v) is 1.66. The molecule has 0 aliphatic rings. The highest BCUT2D eigenvalue weighted by molar-refractivity contribution is 6.29. The zero-order chi connectivity index (χ0) is 14.2. The first kappa shape index (κ1) is 13.6. The molecule has 0 amide bonds.